The van der Waals surface area contributed by atoms with Gasteiger partial charge in [0.1, 0.15) is 5.75 Å². The Morgan fingerprint density at radius 2 is 2.32 bits per heavy atom. The monoisotopic (exact) mass is 319 g/mol. The number of amides is 1. The summed E-state index contributed by atoms with van der Waals surface area (Å²) in [6.45, 7) is 3.91. The van der Waals surface area contributed by atoms with Crippen molar-refractivity contribution in [3.05, 3.63) is 52.8 Å². The molecular weight excluding hydrogens is 302 g/mol. The van der Waals surface area contributed by atoms with Gasteiger partial charge in [0, 0.05) is 29.7 Å². The molecule has 5 nitrogen and oxygen atoms in total. The Kier molecular flexibility index (Phi) is 5.22. The van der Waals surface area contributed by atoms with Gasteiger partial charge in [-0.15, -0.1) is 0 Å². The molecule has 0 aliphatic rings. The zero-order chi connectivity index (χ0) is 16.1. The van der Waals surface area contributed by atoms with Gasteiger partial charge in [-0.05, 0) is 24.6 Å². The van der Waals surface area contributed by atoms with Crippen molar-refractivity contribution in [2.24, 2.45) is 0 Å². The Labute approximate surface area is 134 Å². The molecule has 2 N–H and O–H groups in total. The molecule has 0 fully saturated rings. The van der Waals surface area contributed by atoms with Crippen LogP contribution in [0.1, 0.15) is 25.0 Å². The van der Waals surface area contributed by atoms with Crippen LogP contribution in [0.4, 0.5) is 0 Å². The molecule has 0 saturated carbocycles. The number of rotatable bonds is 5. The highest BCUT2D eigenvalue weighted by Crippen LogP contribution is 2.22. The van der Waals surface area contributed by atoms with Crippen LogP contribution < -0.4 is 5.32 Å². The largest absolute Gasteiger partial charge is 0.508 e. The second kappa shape index (κ2) is 7.13. The fraction of sp³-hybridized carbons (Fsp3) is 0.250. The maximum Gasteiger partial charge on any atom is 0.217 e. The predicted molar refractivity (Wildman–Crippen MR) is 86.8 cm³/mol. The summed E-state index contributed by atoms with van der Waals surface area (Å²) in [6, 6.07) is 4.84. The van der Waals surface area contributed by atoms with E-state index in [4.69, 9.17) is 11.6 Å². The summed E-state index contributed by atoms with van der Waals surface area (Å²) in [5.41, 5.74) is 1.82. The number of aromatic nitrogens is 2. The molecule has 1 aromatic carbocycles. The number of halogens is 1. The summed E-state index contributed by atoms with van der Waals surface area (Å²) in [6.07, 6.45) is 7.43. The molecule has 1 amide bonds. The van der Waals surface area contributed by atoms with Gasteiger partial charge in [0.2, 0.25) is 5.91 Å². The van der Waals surface area contributed by atoms with Gasteiger partial charge in [0.25, 0.3) is 0 Å². The molecule has 0 radical (unpaired) electrons. The lowest BCUT2D eigenvalue weighted by Gasteiger charge is -2.05. The van der Waals surface area contributed by atoms with Crippen molar-refractivity contribution >= 4 is 23.6 Å². The third kappa shape index (κ3) is 4.63. The highest BCUT2D eigenvalue weighted by atomic mass is 35.5. The third-order valence-electron chi connectivity index (χ3n) is 3.03. The molecular formula is C16H18ClN3O2. The van der Waals surface area contributed by atoms with E-state index in [-0.39, 0.29) is 17.7 Å². The summed E-state index contributed by atoms with van der Waals surface area (Å²) < 4.78 is 1.76. The number of carbonyl (C=O) groups excluding carboxylic acids is 1. The first-order valence-corrected chi connectivity index (χ1v) is 7.27. The van der Waals surface area contributed by atoms with Crippen molar-refractivity contribution in [2.75, 3.05) is 0 Å². The lowest BCUT2D eigenvalue weighted by atomic mass is 10.2. The Morgan fingerprint density at radius 1 is 1.55 bits per heavy atom. The summed E-state index contributed by atoms with van der Waals surface area (Å²) in [5.74, 6) is 0.0830. The van der Waals surface area contributed by atoms with Crippen molar-refractivity contribution in [1.29, 1.82) is 0 Å². The third-order valence-corrected chi connectivity index (χ3v) is 3.38. The van der Waals surface area contributed by atoms with Crippen LogP contribution in [0.25, 0.3) is 6.08 Å². The minimum Gasteiger partial charge on any atom is -0.508 e. The number of phenolic OH excluding ortho intramolecular Hbond substituents is 1. The second-order valence-electron chi connectivity index (χ2n) is 5.10. The van der Waals surface area contributed by atoms with Crippen LogP contribution in [-0.4, -0.2) is 26.8 Å². The van der Waals surface area contributed by atoms with Crippen molar-refractivity contribution in [2.45, 2.75) is 26.4 Å². The molecule has 1 aromatic heterocycles. The normalized spacial score (nSPS) is 12.5. The number of nitrogens with zero attached hydrogens (tertiary/aromatic N) is 2. The number of hydrogen-bond donors (Lipinski definition) is 2. The first-order valence-electron chi connectivity index (χ1n) is 6.89. The number of nitrogens with one attached hydrogen (secondary N) is 1. The fourth-order valence-corrected chi connectivity index (χ4v) is 2.25. The molecule has 0 spiro atoms. The van der Waals surface area contributed by atoms with Gasteiger partial charge in [-0.1, -0.05) is 29.8 Å². The van der Waals surface area contributed by atoms with Crippen molar-refractivity contribution in [3.8, 4) is 5.75 Å². The number of aromatic hydroxyl groups is 1. The number of benzene rings is 1. The van der Waals surface area contributed by atoms with Crippen LogP contribution >= 0.6 is 11.6 Å². The van der Waals surface area contributed by atoms with E-state index < -0.39 is 0 Å². The van der Waals surface area contributed by atoms with E-state index >= 15 is 0 Å². The first kappa shape index (κ1) is 16.1. The summed E-state index contributed by atoms with van der Waals surface area (Å²) in [4.78, 5) is 10.9. The first-order chi connectivity index (χ1) is 10.4. The van der Waals surface area contributed by atoms with Crippen LogP contribution in [0, 0.1) is 0 Å². The smallest absolute Gasteiger partial charge is 0.217 e. The Balaban J connectivity index is 2.02. The molecule has 0 saturated heterocycles. The number of phenols is 1. The average molecular weight is 320 g/mol. The minimum absolute atomic E-state index is 0.0348. The van der Waals surface area contributed by atoms with Crippen molar-refractivity contribution < 1.29 is 9.90 Å². The Bertz CT molecular complexity index is 694. The lowest BCUT2D eigenvalue weighted by molar-refractivity contribution is -0.119. The van der Waals surface area contributed by atoms with Crippen molar-refractivity contribution in [3.63, 3.8) is 0 Å². The average Bonchev–Trinajstić information content (AvgIpc) is 2.87. The Hall–Kier alpha value is -2.27. The van der Waals surface area contributed by atoms with E-state index in [1.54, 1.807) is 23.0 Å². The van der Waals surface area contributed by atoms with Crippen LogP contribution in [0.5, 0.6) is 5.75 Å². The standard InChI is InChI=1S/C16H18ClN3O2/c1-11(19-12(2)21)3-4-13-8-18-20(9-13)10-14-5-6-15(22)7-16(14)17/h3-9,11,22H,10H2,1-2H3,(H,19,21)/t11-/m0/s1. The minimum atomic E-state index is -0.0604. The number of carbonyl (C=O) groups is 1. The highest BCUT2D eigenvalue weighted by molar-refractivity contribution is 6.31. The molecule has 0 aliphatic heterocycles. The van der Waals surface area contributed by atoms with E-state index in [0.29, 0.717) is 11.6 Å². The summed E-state index contributed by atoms with van der Waals surface area (Å²) in [7, 11) is 0. The van der Waals surface area contributed by atoms with Gasteiger partial charge < -0.3 is 10.4 Å². The van der Waals surface area contributed by atoms with Gasteiger partial charge in [-0.2, -0.15) is 5.10 Å². The van der Waals surface area contributed by atoms with E-state index in [2.05, 4.69) is 10.4 Å². The molecule has 1 heterocycles. The second-order valence-corrected chi connectivity index (χ2v) is 5.50. The molecule has 6 heteroatoms. The zero-order valence-electron chi connectivity index (χ0n) is 12.5. The van der Waals surface area contributed by atoms with Gasteiger partial charge in [0.05, 0.1) is 12.7 Å². The van der Waals surface area contributed by atoms with Gasteiger partial charge >= 0.3 is 0 Å². The van der Waals surface area contributed by atoms with Crippen LogP contribution in [0.2, 0.25) is 5.02 Å². The summed E-state index contributed by atoms with van der Waals surface area (Å²) in [5, 5.41) is 16.9. The van der Waals surface area contributed by atoms with E-state index in [1.807, 2.05) is 25.3 Å². The number of hydrogen-bond acceptors (Lipinski definition) is 3. The maximum absolute atomic E-state index is 10.9. The van der Waals surface area contributed by atoms with Gasteiger partial charge in [-0.25, -0.2) is 0 Å². The fourth-order valence-electron chi connectivity index (χ4n) is 2.02. The quantitative estimate of drug-likeness (QED) is 0.890. The molecule has 22 heavy (non-hydrogen) atoms. The van der Waals surface area contributed by atoms with Gasteiger partial charge in [0.15, 0.2) is 0 Å². The maximum atomic E-state index is 10.9. The molecule has 0 bridgehead atoms. The lowest BCUT2D eigenvalue weighted by Crippen LogP contribution is -2.28. The summed E-state index contributed by atoms with van der Waals surface area (Å²) >= 11 is 6.08. The predicted octanol–water partition coefficient (Wildman–Crippen LogP) is 2.83. The Morgan fingerprint density at radius 3 is 3.00 bits per heavy atom. The SMILES string of the molecule is CC(=O)N[C@@H](C)C=Cc1cnn(Cc2ccc(O)cc2Cl)c1. The molecule has 116 valence electrons. The topological polar surface area (TPSA) is 67.2 Å². The van der Waals surface area contributed by atoms with Gasteiger partial charge in [-0.3, -0.25) is 9.48 Å². The van der Waals surface area contributed by atoms with E-state index in [1.165, 1.54) is 13.0 Å². The van der Waals surface area contributed by atoms with Crippen LogP contribution in [0.3, 0.4) is 0 Å². The van der Waals surface area contributed by atoms with E-state index in [0.717, 1.165) is 11.1 Å². The molecule has 0 unspecified atom stereocenters. The highest BCUT2D eigenvalue weighted by Gasteiger charge is 2.04. The van der Waals surface area contributed by atoms with Crippen molar-refractivity contribution in [1.82, 2.24) is 15.1 Å². The van der Waals surface area contributed by atoms with Crippen LogP contribution in [0.15, 0.2) is 36.7 Å². The zero-order valence-corrected chi connectivity index (χ0v) is 13.2. The van der Waals surface area contributed by atoms with Crippen LogP contribution in [-0.2, 0) is 11.3 Å². The van der Waals surface area contributed by atoms with E-state index in [9.17, 15) is 9.90 Å². The molecule has 2 aromatic rings. The molecule has 0 aliphatic carbocycles. The molecule has 1 atom stereocenters. The molecule has 2 rings (SSSR count).